The maximum atomic E-state index is 13.4. The van der Waals surface area contributed by atoms with Crippen LogP contribution in [0.4, 0.5) is 0 Å². The normalized spacial score (nSPS) is 19.4. The number of aromatic nitrogens is 2. The van der Waals surface area contributed by atoms with Crippen LogP contribution in [0.25, 0.3) is 5.69 Å². The molecular formula is C22H30N4O. The van der Waals surface area contributed by atoms with Crippen LogP contribution in [-0.2, 0) is 12.8 Å². The fourth-order valence-corrected chi connectivity index (χ4v) is 4.75. The minimum Gasteiger partial charge on any atom is -0.334 e. The van der Waals surface area contributed by atoms with E-state index in [1.54, 1.807) is 0 Å². The second-order valence-electron chi connectivity index (χ2n) is 8.05. The highest BCUT2D eigenvalue weighted by Crippen LogP contribution is 2.31. The number of hydrogen-bond donors (Lipinski definition) is 1. The molecule has 0 bridgehead atoms. The van der Waals surface area contributed by atoms with Crippen molar-refractivity contribution in [3.63, 3.8) is 0 Å². The predicted molar refractivity (Wildman–Crippen MR) is 107 cm³/mol. The van der Waals surface area contributed by atoms with E-state index in [1.807, 2.05) is 9.58 Å². The number of piperidine rings is 1. The summed E-state index contributed by atoms with van der Waals surface area (Å²) < 4.78 is 2.03. The van der Waals surface area contributed by atoms with Crippen molar-refractivity contribution >= 4 is 5.91 Å². The van der Waals surface area contributed by atoms with Gasteiger partial charge in [-0.25, -0.2) is 4.68 Å². The van der Waals surface area contributed by atoms with Gasteiger partial charge in [0.15, 0.2) is 5.69 Å². The van der Waals surface area contributed by atoms with Crippen molar-refractivity contribution in [3.05, 3.63) is 46.3 Å². The van der Waals surface area contributed by atoms with E-state index >= 15 is 0 Å². The Balaban J connectivity index is 1.73. The molecule has 144 valence electrons. The van der Waals surface area contributed by atoms with Crippen molar-refractivity contribution in [2.75, 3.05) is 13.1 Å². The van der Waals surface area contributed by atoms with Crippen molar-refractivity contribution in [3.8, 4) is 5.69 Å². The van der Waals surface area contributed by atoms with Gasteiger partial charge < -0.3 is 10.6 Å². The molecule has 2 heterocycles. The zero-order valence-corrected chi connectivity index (χ0v) is 16.5. The van der Waals surface area contributed by atoms with E-state index in [4.69, 9.17) is 10.8 Å². The monoisotopic (exact) mass is 366 g/mol. The number of hydrogen-bond acceptors (Lipinski definition) is 3. The van der Waals surface area contributed by atoms with Gasteiger partial charge in [-0.3, -0.25) is 4.79 Å². The first kappa shape index (κ1) is 18.2. The maximum absolute atomic E-state index is 13.4. The summed E-state index contributed by atoms with van der Waals surface area (Å²) in [4.78, 5) is 15.5. The van der Waals surface area contributed by atoms with E-state index in [9.17, 15) is 4.79 Å². The molecule has 4 rings (SSSR count). The van der Waals surface area contributed by atoms with Gasteiger partial charge in [-0.05, 0) is 77.0 Å². The van der Waals surface area contributed by atoms with Crippen LogP contribution in [0.15, 0.2) is 18.2 Å². The Kier molecular flexibility index (Phi) is 5.04. The predicted octanol–water partition coefficient (Wildman–Crippen LogP) is 3.32. The fourth-order valence-electron chi connectivity index (χ4n) is 4.75. The minimum absolute atomic E-state index is 0.106. The van der Waals surface area contributed by atoms with Gasteiger partial charge in [0.25, 0.3) is 5.91 Å². The number of nitrogens with zero attached hydrogens (tertiary/aromatic N) is 3. The van der Waals surface area contributed by atoms with E-state index in [0.29, 0.717) is 12.2 Å². The van der Waals surface area contributed by atoms with E-state index in [1.165, 1.54) is 23.2 Å². The molecule has 2 aromatic rings. The molecule has 0 spiro atoms. The second kappa shape index (κ2) is 7.47. The summed E-state index contributed by atoms with van der Waals surface area (Å²) in [6.07, 6.45) is 7.25. The fraction of sp³-hybridized carbons (Fsp3) is 0.545. The average molecular weight is 367 g/mol. The molecule has 1 aromatic heterocycles. The molecule has 1 aliphatic heterocycles. The number of carbonyl (C=O) groups is 1. The zero-order valence-electron chi connectivity index (χ0n) is 16.5. The number of rotatable bonds is 4. The minimum atomic E-state index is 0.106. The van der Waals surface area contributed by atoms with E-state index < -0.39 is 0 Å². The first-order valence-corrected chi connectivity index (χ1v) is 10.3. The molecule has 2 aliphatic rings. The van der Waals surface area contributed by atoms with Crippen molar-refractivity contribution in [1.82, 2.24) is 14.7 Å². The number of amides is 1. The summed E-state index contributed by atoms with van der Waals surface area (Å²) in [6, 6.07) is 6.69. The Morgan fingerprint density at radius 1 is 1.22 bits per heavy atom. The van der Waals surface area contributed by atoms with E-state index in [0.717, 1.165) is 56.3 Å². The lowest BCUT2D eigenvalue weighted by molar-refractivity contribution is 0.0597. The van der Waals surface area contributed by atoms with Crippen LogP contribution in [0.5, 0.6) is 0 Å². The highest BCUT2D eigenvalue weighted by Gasteiger charge is 2.33. The van der Waals surface area contributed by atoms with Crippen LogP contribution < -0.4 is 5.73 Å². The van der Waals surface area contributed by atoms with Crippen LogP contribution >= 0.6 is 0 Å². The lowest BCUT2D eigenvalue weighted by Gasteiger charge is -2.35. The van der Waals surface area contributed by atoms with Crippen LogP contribution in [-0.4, -0.2) is 39.7 Å². The van der Waals surface area contributed by atoms with Gasteiger partial charge in [-0.2, -0.15) is 5.10 Å². The number of likely N-dealkylation sites (tertiary alicyclic amines) is 1. The third-order valence-electron chi connectivity index (χ3n) is 6.10. The lowest BCUT2D eigenvalue weighted by atomic mass is 9.98. The maximum Gasteiger partial charge on any atom is 0.274 e. The van der Waals surface area contributed by atoms with Gasteiger partial charge in [-0.1, -0.05) is 17.7 Å². The Morgan fingerprint density at radius 2 is 2.07 bits per heavy atom. The molecule has 1 atom stereocenters. The van der Waals surface area contributed by atoms with Gasteiger partial charge in [0.2, 0.25) is 0 Å². The molecule has 1 aromatic carbocycles. The van der Waals surface area contributed by atoms with E-state index in [-0.39, 0.29) is 11.9 Å². The molecule has 1 saturated heterocycles. The number of nitrogens with two attached hydrogens (primary N) is 1. The van der Waals surface area contributed by atoms with Gasteiger partial charge in [-0.15, -0.1) is 0 Å². The third kappa shape index (κ3) is 3.29. The molecule has 1 aliphatic carbocycles. The second-order valence-corrected chi connectivity index (χ2v) is 8.05. The molecule has 0 saturated carbocycles. The average Bonchev–Trinajstić information content (AvgIpc) is 3.25. The van der Waals surface area contributed by atoms with Crippen LogP contribution in [0, 0.1) is 13.8 Å². The third-order valence-corrected chi connectivity index (χ3v) is 6.10. The van der Waals surface area contributed by atoms with E-state index in [2.05, 4.69) is 32.0 Å². The van der Waals surface area contributed by atoms with Crippen molar-refractivity contribution < 1.29 is 4.79 Å². The standard InChI is InChI=1S/C22H30N4O/c1-15-9-10-19(16(2)14-15)26-20-8-5-7-18(20)21(24-26)22(27)25-13-4-3-6-17(25)11-12-23/h9-10,14,17H,3-8,11-13,23H2,1-2H3. The van der Waals surface area contributed by atoms with Crippen LogP contribution in [0.1, 0.15) is 65.0 Å². The van der Waals surface area contributed by atoms with Crippen LogP contribution in [0.2, 0.25) is 0 Å². The molecule has 5 nitrogen and oxygen atoms in total. The number of benzene rings is 1. The Labute approximate surface area is 161 Å². The summed E-state index contributed by atoms with van der Waals surface area (Å²) in [5.74, 6) is 0.106. The van der Waals surface area contributed by atoms with Gasteiger partial charge in [0.1, 0.15) is 0 Å². The molecule has 1 fully saturated rings. The first-order valence-electron chi connectivity index (χ1n) is 10.3. The Hall–Kier alpha value is -2.14. The summed E-state index contributed by atoms with van der Waals surface area (Å²) in [5.41, 5.74) is 12.4. The largest absolute Gasteiger partial charge is 0.334 e. The summed E-state index contributed by atoms with van der Waals surface area (Å²) in [6.45, 7) is 5.68. The summed E-state index contributed by atoms with van der Waals surface area (Å²) >= 11 is 0. The van der Waals surface area contributed by atoms with Crippen molar-refractivity contribution in [2.24, 2.45) is 5.73 Å². The van der Waals surface area contributed by atoms with Gasteiger partial charge in [0.05, 0.1) is 5.69 Å². The topological polar surface area (TPSA) is 64.2 Å². The molecule has 27 heavy (non-hydrogen) atoms. The highest BCUT2D eigenvalue weighted by atomic mass is 16.2. The highest BCUT2D eigenvalue weighted by molar-refractivity contribution is 5.94. The first-order chi connectivity index (χ1) is 13.1. The lowest BCUT2D eigenvalue weighted by Crippen LogP contribution is -2.45. The smallest absolute Gasteiger partial charge is 0.274 e. The Bertz CT molecular complexity index is 852. The summed E-state index contributed by atoms with van der Waals surface area (Å²) in [5, 5.41) is 4.86. The molecule has 0 radical (unpaired) electrons. The molecule has 1 amide bonds. The quantitative estimate of drug-likeness (QED) is 0.903. The number of carbonyl (C=O) groups excluding carboxylic acids is 1. The van der Waals surface area contributed by atoms with Gasteiger partial charge in [0, 0.05) is 23.8 Å². The molecule has 2 N–H and O–H groups in total. The number of fused-ring (bicyclic) bond motifs is 1. The number of aryl methyl sites for hydroxylation is 2. The summed E-state index contributed by atoms with van der Waals surface area (Å²) in [7, 11) is 0. The SMILES string of the molecule is Cc1ccc(-n2nc(C(=O)N3CCCCC3CCN)c3c2CCC3)c(C)c1. The van der Waals surface area contributed by atoms with Crippen molar-refractivity contribution in [2.45, 2.75) is 64.8 Å². The molecule has 5 heteroatoms. The molecule has 1 unspecified atom stereocenters. The van der Waals surface area contributed by atoms with Crippen molar-refractivity contribution in [1.29, 1.82) is 0 Å². The zero-order chi connectivity index (χ0) is 19.0. The molecular weight excluding hydrogens is 336 g/mol. The Morgan fingerprint density at radius 3 is 2.85 bits per heavy atom. The van der Waals surface area contributed by atoms with Crippen LogP contribution in [0.3, 0.4) is 0 Å². The van der Waals surface area contributed by atoms with Gasteiger partial charge >= 0.3 is 0 Å².